The molecule has 1 amide bonds. The van der Waals surface area contributed by atoms with Crippen LogP contribution in [0.15, 0.2) is 5.51 Å². The molecule has 0 N–H and O–H groups in total. The molecule has 0 atom stereocenters. The molecule has 5 nitrogen and oxygen atoms in total. The molecule has 1 aliphatic rings. The molecule has 2 heterocycles. The molecule has 1 aliphatic heterocycles. The summed E-state index contributed by atoms with van der Waals surface area (Å²) in [5.74, 6) is 0.579. The zero-order chi connectivity index (χ0) is 18.6. The second kappa shape index (κ2) is 8.69. The van der Waals surface area contributed by atoms with Gasteiger partial charge < -0.3 is 9.64 Å². The first-order valence-electron chi connectivity index (χ1n) is 8.95. The first kappa shape index (κ1) is 20.5. The van der Waals surface area contributed by atoms with E-state index in [1.165, 1.54) is 0 Å². The molecule has 0 radical (unpaired) electrons. The van der Waals surface area contributed by atoms with Gasteiger partial charge in [-0.25, -0.2) is 9.78 Å². The highest BCUT2D eigenvalue weighted by Crippen LogP contribution is 2.26. The quantitative estimate of drug-likeness (QED) is 0.737. The molecule has 142 valence electrons. The minimum Gasteiger partial charge on any atom is -0.444 e. The Kier molecular flexibility index (Phi) is 7.11. The largest absolute Gasteiger partial charge is 0.444 e. The van der Waals surface area contributed by atoms with Gasteiger partial charge >= 0.3 is 6.09 Å². The van der Waals surface area contributed by atoms with Crippen LogP contribution in [0.1, 0.15) is 52.3 Å². The molecular weight excluding hydrogens is 358 g/mol. The Morgan fingerprint density at radius 1 is 1.44 bits per heavy atom. The van der Waals surface area contributed by atoms with Crippen molar-refractivity contribution < 1.29 is 9.53 Å². The fraction of sp³-hybridized carbons (Fsp3) is 0.778. The van der Waals surface area contributed by atoms with Crippen LogP contribution >= 0.6 is 22.9 Å². The second-order valence-corrected chi connectivity index (χ2v) is 9.39. The van der Waals surface area contributed by atoms with E-state index in [1.807, 2.05) is 25.7 Å². The van der Waals surface area contributed by atoms with Crippen LogP contribution in [0.5, 0.6) is 0 Å². The zero-order valence-electron chi connectivity index (χ0n) is 15.9. The van der Waals surface area contributed by atoms with E-state index in [0.29, 0.717) is 17.1 Å². The minimum absolute atomic E-state index is 0.202. The fourth-order valence-corrected chi connectivity index (χ4v) is 4.07. The van der Waals surface area contributed by atoms with Crippen molar-refractivity contribution in [1.82, 2.24) is 14.8 Å². The first-order chi connectivity index (χ1) is 11.7. The molecule has 1 aromatic heterocycles. The van der Waals surface area contributed by atoms with Gasteiger partial charge in [0.05, 0.1) is 10.4 Å². The number of piperidine rings is 1. The molecule has 25 heavy (non-hydrogen) atoms. The average Bonchev–Trinajstić information content (AvgIpc) is 2.90. The summed E-state index contributed by atoms with van der Waals surface area (Å²) < 4.78 is 5.49. The molecule has 7 heteroatoms. The lowest BCUT2D eigenvalue weighted by atomic mass is 10.0. The summed E-state index contributed by atoms with van der Waals surface area (Å²) in [5.41, 5.74) is 1.36. The standard InChI is InChI=1S/C18H30ClN3O2S/c1-13(2)10-22(11-15-16(19)20-12-25-15)14-6-8-21(9-7-14)17(23)24-18(3,4)5/h12-14H,6-11H2,1-5H3. The maximum Gasteiger partial charge on any atom is 0.410 e. The number of thiazole rings is 1. The third-order valence-electron chi connectivity index (χ3n) is 4.17. The highest BCUT2D eigenvalue weighted by molar-refractivity contribution is 7.10. The number of carbonyl (C=O) groups excluding carboxylic acids is 1. The molecule has 0 saturated carbocycles. The van der Waals surface area contributed by atoms with Crippen LogP contribution in [0.4, 0.5) is 4.79 Å². The Bertz CT molecular complexity index is 563. The van der Waals surface area contributed by atoms with Gasteiger partial charge in [-0.2, -0.15) is 0 Å². The lowest BCUT2D eigenvalue weighted by molar-refractivity contribution is 0.0130. The molecular formula is C18H30ClN3O2S. The maximum absolute atomic E-state index is 12.2. The van der Waals surface area contributed by atoms with E-state index < -0.39 is 5.60 Å². The van der Waals surface area contributed by atoms with Crippen molar-refractivity contribution in [1.29, 1.82) is 0 Å². The number of ether oxygens (including phenoxy) is 1. The number of hydrogen-bond acceptors (Lipinski definition) is 5. The Balaban J connectivity index is 1.94. The molecule has 0 aliphatic carbocycles. The van der Waals surface area contributed by atoms with Gasteiger partial charge in [0.25, 0.3) is 0 Å². The molecule has 0 unspecified atom stereocenters. The number of aromatic nitrogens is 1. The van der Waals surface area contributed by atoms with Gasteiger partial charge in [-0.05, 0) is 39.5 Å². The zero-order valence-corrected chi connectivity index (χ0v) is 17.5. The van der Waals surface area contributed by atoms with E-state index in [1.54, 1.807) is 16.8 Å². The van der Waals surface area contributed by atoms with Gasteiger partial charge in [0.1, 0.15) is 10.8 Å². The van der Waals surface area contributed by atoms with Crippen molar-refractivity contribution in [3.63, 3.8) is 0 Å². The van der Waals surface area contributed by atoms with E-state index >= 15 is 0 Å². The van der Waals surface area contributed by atoms with Gasteiger partial charge in [0, 0.05) is 32.2 Å². The van der Waals surface area contributed by atoms with Gasteiger partial charge in [0.2, 0.25) is 0 Å². The summed E-state index contributed by atoms with van der Waals surface area (Å²) >= 11 is 7.80. The number of amides is 1. The Morgan fingerprint density at radius 2 is 2.08 bits per heavy atom. The van der Waals surface area contributed by atoms with E-state index in [0.717, 1.165) is 43.9 Å². The van der Waals surface area contributed by atoms with E-state index in [4.69, 9.17) is 16.3 Å². The minimum atomic E-state index is -0.444. The fourth-order valence-electron chi connectivity index (χ4n) is 3.10. The number of carbonyl (C=O) groups is 1. The van der Waals surface area contributed by atoms with Crippen LogP contribution < -0.4 is 0 Å². The molecule has 0 spiro atoms. The third kappa shape index (κ3) is 6.42. The molecule has 0 aromatic carbocycles. The SMILES string of the molecule is CC(C)CN(Cc1scnc1Cl)C1CCN(C(=O)OC(C)(C)C)CC1. The smallest absolute Gasteiger partial charge is 0.410 e. The lowest BCUT2D eigenvalue weighted by Gasteiger charge is -2.39. The summed E-state index contributed by atoms with van der Waals surface area (Å²) in [6, 6.07) is 0.458. The van der Waals surface area contributed by atoms with Crippen molar-refractivity contribution in [3.8, 4) is 0 Å². The molecule has 2 rings (SSSR count). The van der Waals surface area contributed by atoms with Crippen LogP contribution in [0, 0.1) is 5.92 Å². The van der Waals surface area contributed by atoms with Crippen LogP contribution in [0.25, 0.3) is 0 Å². The summed E-state index contributed by atoms with van der Waals surface area (Å²) in [4.78, 5) is 21.8. The third-order valence-corrected chi connectivity index (χ3v) is 5.43. The number of hydrogen-bond donors (Lipinski definition) is 0. The highest BCUT2D eigenvalue weighted by Gasteiger charge is 2.30. The first-order valence-corrected chi connectivity index (χ1v) is 10.2. The molecule has 1 saturated heterocycles. The predicted molar refractivity (Wildman–Crippen MR) is 103 cm³/mol. The van der Waals surface area contributed by atoms with Crippen LogP contribution in [-0.2, 0) is 11.3 Å². The number of halogens is 1. The Morgan fingerprint density at radius 3 is 2.56 bits per heavy atom. The molecule has 0 bridgehead atoms. The molecule has 1 fully saturated rings. The van der Waals surface area contributed by atoms with Crippen molar-refractivity contribution in [2.45, 2.75) is 65.6 Å². The van der Waals surface area contributed by atoms with Gasteiger partial charge in [-0.3, -0.25) is 4.90 Å². The topological polar surface area (TPSA) is 45.7 Å². The number of rotatable bonds is 5. The maximum atomic E-state index is 12.2. The van der Waals surface area contributed by atoms with Gasteiger partial charge in [0.15, 0.2) is 0 Å². The van der Waals surface area contributed by atoms with Crippen molar-refractivity contribution in [2.24, 2.45) is 5.92 Å². The van der Waals surface area contributed by atoms with E-state index in [9.17, 15) is 4.79 Å². The van der Waals surface area contributed by atoms with Crippen molar-refractivity contribution >= 4 is 29.0 Å². The van der Waals surface area contributed by atoms with Crippen LogP contribution in [-0.4, -0.2) is 52.2 Å². The van der Waals surface area contributed by atoms with Crippen LogP contribution in [0.2, 0.25) is 5.15 Å². The van der Waals surface area contributed by atoms with Crippen molar-refractivity contribution in [3.05, 3.63) is 15.5 Å². The second-order valence-electron chi connectivity index (χ2n) is 8.09. The lowest BCUT2D eigenvalue weighted by Crippen LogP contribution is -2.48. The summed E-state index contributed by atoms with van der Waals surface area (Å²) in [6.45, 7) is 13.5. The Hall–Kier alpha value is -0.850. The predicted octanol–water partition coefficient (Wildman–Crippen LogP) is 4.65. The van der Waals surface area contributed by atoms with Gasteiger partial charge in [-0.1, -0.05) is 25.4 Å². The normalized spacial score (nSPS) is 16.7. The Labute approximate surface area is 160 Å². The number of likely N-dealkylation sites (tertiary alicyclic amines) is 1. The monoisotopic (exact) mass is 387 g/mol. The van der Waals surface area contributed by atoms with Gasteiger partial charge in [-0.15, -0.1) is 11.3 Å². The summed E-state index contributed by atoms with van der Waals surface area (Å²) in [7, 11) is 0. The highest BCUT2D eigenvalue weighted by atomic mass is 35.5. The average molecular weight is 388 g/mol. The van der Waals surface area contributed by atoms with E-state index in [-0.39, 0.29) is 6.09 Å². The van der Waals surface area contributed by atoms with Crippen LogP contribution in [0.3, 0.4) is 0 Å². The van der Waals surface area contributed by atoms with E-state index in [2.05, 4.69) is 23.7 Å². The molecule has 1 aromatic rings. The van der Waals surface area contributed by atoms with Crippen molar-refractivity contribution in [2.75, 3.05) is 19.6 Å². The summed E-state index contributed by atoms with van der Waals surface area (Å²) in [5, 5.41) is 0.616. The number of nitrogens with zero attached hydrogens (tertiary/aromatic N) is 3. The summed E-state index contributed by atoms with van der Waals surface area (Å²) in [6.07, 6.45) is 1.72.